The minimum Gasteiger partial charge on any atom is -0.326 e. The van der Waals surface area contributed by atoms with Crippen molar-refractivity contribution in [3.8, 4) is 0 Å². The number of rotatable bonds is 1. The maximum Gasteiger partial charge on any atom is 0.0529 e. The zero-order valence-electron chi connectivity index (χ0n) is 5.95. The van der Waals surface area contributed by atoms with Crippen molar-refractivity contribution in [1.82, 2.24) is 4.98 Å². The third-order valence-corrected chi connectivity index (χ3v) is 2.66. The Kier molecular flexibility index (Phi) is 1.60. The second-order valence-electron chi connectivity index (χ2n) is 2.34. The molecule has 2 aromatic rings. The Labute approximate surface area is 68.7 Å². The predicted molar refractivity (Wildman–Crippen MR) is 47.5 cm³/mol. The lowest BCUT2D eigenvalue weighted by molar-refractivity contribution is 1.09. The quantitative estimate of drug-likeness (QED) is 0.697. The van der Waals surface area contributed by atoms with Crippen LogP contribution in [0.25, 0.3) is 10.1 Å². The molecule has 0 bridgehead atoms. The molecule has 0 unspecified atom stereocenters. The minimum absolute atomic E-state index is 0.615. The summed E-state index contributed by atoms with van der Waals surface area (Å²) in [4.78, 5) is 4.03. The molecule has 3 heteroatoms. The van der Waals surface area contributed by atoms with E-state index in [0.29, 0.717) is 6.54 Å². The van der Waals surface area contributed by atoms with Crippen molar-refractivity contribution in [3.05, 3.63) is 29.4 Å². The van der Waals surface area contributed by atoms with E-state index in [2.05, 4.69) is 10.4 Å². The molecule has 2 aromatic heterocycles. The van der Waals surface area contributed by atoms with E-state index in [1.807, 2.05) is 12.3 Å². The first-order valence-corrected chi connectivity index (χ1v) is 4.30. The van der Waals surface area contributed by atoms with Gasteiger partial charge < -0.3 is 5.73 Å². The van der Waals surface area contributed by atoms with E-state index >= 15 is 0 Å². The van der Waals surface area contributed by atoms with Crippen molar-refractivity contribution >= 4 is 21.4 Å². The first-order chi connectivity index (χ1) is 5.42. The van der Waals surface area contributed by atoms with Gasteiger partial charge in [0, 0.05) is 24.3 Å². The predicted octanol–water partition coefficient (Wildman–Crippen LogP) is 1.75. The fourth-order valence-electron chi connectivity index (χ4n) is 1.10. The Morgan fingerprint density at radius 3 is 3.27 bits per heavy atom. The highest BCUT2D eigenvalue weighted by Gasteiger charge is 1.99. The maximum absolute atomic E-state index is 5.55. The van der Waals surface area contributed by atoms with Crippen LogP contribution < -0.4 is 5.73 Å². The fraction of sp³-hybridized carbons (Fsp3) is 0.125. The second kappa shape index (κ2) is 2.60. The van der Waals surface area contributed by atoms with Gasteiger partial charge in [-0.3, -0.25) is 4.98 Å². The number of nitrogens with two attached hydrogens (primary N) is 1. The van der Waals surface area contributed by atoms with E-state index in [1.54, 1.807) is 17.5 Å². The van der Waals surface area contributed by atoms with Crippen LogP contribution >= 0.6 is 11.3 Å². The van der Waals surface area contributed by atoms with E-state index in [1.165, 1.54) is 15.6 Å². The molecule has 0 saturated carbocycles. The van der Waals surface area contributed by atoms with Crippen molar-refractivity contribution in [3.63, 3.8) is 0 Å². The highest BCUT2D eigenvalue weighted by molar-refractivity contribution is 7.17. The van der Waals surface area contributed by atoms with Crippen LogP contribution in [0.2, 0.25) is 0 Å². The zero-order chi connectivity index (χ0) is 7.68. The van der Waals surface area contributed by atoms with Gasteiger partial charge in [-0.1, -0.05) is 0 Å². The van der Waals surface area contributed by atoms with Gasteiger partial charge in [-0.2, -0.15) is 0 Å². The van der Waals surface area contributed by atoms with Crippen LogP contribution in [0.3, 0.4) is 0 Å². The van der Waals surface area contributed by atoms with Gasteiger partial charge in [-0.05, 0) is 17.0 Å². The Morgan fingerprint density at radius 1 is 1.55 bits per heavy atom. The molecule has 0 atom stereocenters. The Morgan fingerprint density at radius 2 is 2.45 bits per heavy atom. The molecule has 2 heterocycles. The monoisotopic (exact) mass is 164 g/mol. The van der Waals surface area contributed by atoms with E-state index in [4.69, 9.17) is 5.73 Å². The Balaban J connectivity index is 2.76. The van der Waals surface area contributed by atoms with Crippen LogP contribution in [0.5, 0.6) is 0 Å². The molecule has 0 fully saturated rings. The number of hydrogen-bond donors (Lipinski definition) is 1. The largest absolute Gasteiger partial charge is 0.326 e. The van der Waals surface area contributed by atoms with E-state index < -0.39 is 0 Å². The molecule has 2 N–H and O–H groups in total. The molecule has 11 heavy (non-hydrogen) atoms. The van der Waals surface area contributed by atoms with Crippen LogP contribution in [0, 0.1) is 0 Å². The lowest BCUT2D eigenvalue weighted by Gasteiger charge is -1.90. The minimum atomic E-state index is 0.615. The van der Waals surface area contributed by atoms with Gasteiger partial charge >= 0.3 is 0 Å². The highest BCUT2D eigenvalue weighted by Crippen LogP contribution is 2.23. The van der Waals surface area contributed by atoms with Crippen LogP contribution in [0.1, 0.15) is 5.56 Å². The van der Waals surface area contributed by atoms with Crippen molar-refractivity contribution in [2.24, 2.45) is 5.73 Å². The topological polar surface area (TPSA) is 38.9 Å². The van der Waals surface area contributed by atoms with E-state index in [9.17, 15) is 0 Å². The molecule has 0 saturated heterocycles. The molecule has 56 valence electrons. The van der Waals surface area contributed by atoms with Crippen molar-refractivity contribution < 1.29 is 0 Å². The van der Waals surface area contributed by atoms with E-state index in [0.717, 1.165) is 0 Å². The Hall–Kier alpha value is -0.930. The number of fused-ring (bicyclic) bond motifs is 1. The number of nitrogens with zero attached hydrogens (tertiary/aromatic N) is 1. The third kappa shape index (κ3) is 1.02. The van der Waals surface area contributed by atoms with Crippen LogP contribution in [-0.4, -0.2) is 4.98 Å². The standard InChI is InChI=1S/C8H8N2S/c9-3-6-5-11-8-4-10-2-1-7(6)8/h1-2,4-5H,3,9H2. The van der Waals surface area contributed by atoms with Crippen LogP contribution in [0.15, 0.2) is 23.8 Å². The zero-order valence-corrected chi connectivity index (χ0v) is 6.77. The first kappa shape index (κ1) is 6.76. The summed E-state index contributed by atoms with van der Waals surface area (Å²) < 4.78 is 1.22. The molecule has 0 aliphatic carbocycles. The number of aromatic nitrogens is 1. The maximum atomic E-state index is 5.55. The number of pyridine rings is 1. The molecular weight excluding hydrogens is 156 g/mol. The first-order valence-electron chi connectivity index (χ1n) is 3.42. The second-order valence-corrected chi connectivity index (χ2v) is 3.25. The number of hydrogen-bond acceptors (Lipinski definition) is 3. The number of thiophene rings is 1. The third-order valence-electron chi connectivity index (χ3n) is 1.68. The summed E-state index contributed by atoms with van der Waals surface area (Å²) in [6, 6.07) is 2.01. The summed E-state index contributed by atoms with van der Waals surface area (Å²) in [7, 11) is 0. The average Bonchev–Trinajstić information content (AvgIpc) is 2.47. The summed E-state index contributed by atoms with van der Waals surface area (Å²) in [5.41, 5.74) is 6.76. The summed E-state index contributed by atoms with van der Waals surface area (Å²) >= 11 is 1.70. The summed E-state index contributed by atoms with van der Waals surface area (Å²) in [6.45, 7) is 0.615. The SMILES string of the molecule is NCc1csc2cnccc12. The molecule has 0 amide bonds. The molecular formula is C8H8N2S. The van der Waals surface area contributed by atoms with Gasteiger partial charge in [0.25, 0.3) is 0 Å². The molecule has 0 radical (unpaired) electrons. The summed E-state index contributed by atoms with van der Waals surface area (Å²) in [6.07, 6.45) is 3.67. The van der Waals surface area contributed by atoms with E-state index in [-0.39, 0.29) is 0 Å². The van der Waals surface area contributed by atoms with Gasteiger partial charge in [-0.25, -0.2) is 0 Å². The molecule has 0 spiro atoms. The summed E-state index contributed by atoms with van der Waals surface area (Å²) in [5.74, 6) is 0. The normalized spacial score (nSPS) is 10.6. The van der Waals surface area contributed by atoms with Gasteiger partial charge in [0.2, 0.25) is 0 Å². The molecule has 2 rings (SSSR count). The van der Waals surface area contributed by atoms with Crippen LogP contribution in [0.4, 0.5) is 0 Å². The molecule has 0 aromatic carbocycles. The summed E-state index contributed by atoms with van der Waals surface area (Å²) in [5, 5.41) is 3.33. The lowest BCUT2D eigenvalue weighted by atomic mass is 10.2. The van der Waals surface area contributed by atoms with Crippen molar-refractivity contribution in [1.29, 1.82) is 0 Å². The van der Waals surface area contributed by atoms with Crippen molar-refractivity contribution in [2.45, 2.75) is 6.54 Å². The van der Waals surface area contributed by atoms with Gasteiger partial charge in [0.1, 0.15) is 0 Å². The fourth-order valence-corrected chi connectivity index (χ4v) is 2.04. The Bertz CT molecular complexity index is 367. The van der Waals surface area contributed by atoms with Crippen molar-refractivity contribution in [2.75, 3.05) is 0 Å². The highest BCUT2D eigenvalue weighted by atomic mass is 32.1. The van der Waals surface area contributed by atoms with Gasteiger partial charge in [0.15, 0.2) is 0 Å². The molecule has 0 aliphatic rings. The van der Waals surface area contributed by atoms with Gasteiger partial charge in [-0.15, -0.1) is 11.3 Å². The van der Waals surface area contributed by atoms with Gasteiger partial charge in [0.05, 0.1) is 4.70 Å². The smallest absolute Gasteiger partial charge is 0.0529 e. The van der Waals surface area contributed by atoms with Crippen LogP contribution in [-0.2, 0) is 6.54 Å². The lowest BCUT2D eigenvalue weighted by Crippen LogP contribution is -1.93. The molecule has 2 nitrogen and oxygen atoms in total. The average molecular weight is 164 g/mol. The molecule has 0 aliphatic heterocycles.